The highest BCUT2D eigenvalue weighted by Crippen LogP contribution is 2.38. The van der Waals surface area contributed by atoms with E-state index in [2.05, 4.69) is 0 Å². The molecule has 0 bridgehead atoms. The van der Waals surface area contributed by atoms with E-state index >= 15 is 0 Å². The number of rotatable bonds is 3. The van der Waals surface area contributed by atoms with Crippen LogP contribution in [0.15, 0.2) is 24.3 Å². The lowest BCUT2D eigenvalue weighted by Crippen LogP contribution is -2.10. The van der Waals surface area contributed by atoms with E-state index in [0.29, 0.717) is 5.75 Å². The quantitative estimate of drug-likeness (QED) is 0.743. The van der Waals surface area contributed by atoms with Gasteiger partial charge >= 0.3 is 0 Å². The van der Waals surface area contributed by atoms with Crippen LogP contribution in [-0.4, -0.2) is 5.11 Å². The van der Waals surface area contributed by atoms with Crippen LogP contribution in [0.3, 0.4) is 0 Å². The predicted molar refractivity (Wildman–Crippen MR) is 52.4 cm³/mol. The first-order chi connectivity index (χ1) is 6.27. The Bertz CT molecular complexity index is 294. The minimum Gasteiger partial charge on any atom is -0.508 e. The lowest BCUT2D eigenvalue weighted by atomic mass is 10.0. The van der Waals surface area contributed by atoms with Crippen LogP contribution in [0.25, 0.3) is 0 Å². The van der Waals surface area contributed by atoms with Crippen LogP contribution in [0.4, 0.5) is 0 Å². The molecule has 0 radical (unpaired) electrons. The van der Waals surface area contributed by atoms with Gasteiger partial charge in [-0.15, -0.1) is 0 Å². The van der Waals surface area contributed by atoms with Crippen molar-refractivity contribution in [3.05, 3.63) is 29.8 Å². The zero-order valence-electron chi connectivity index (χ0n) is 7.61. The molecule has 0 amide bonds. The van der Waals surface area contributed by atoms with E-state index in [0.717, 1.165) is 17.9 Å². The summed E-state index contributed by atoms with van der Waals surface area (Å²) in [6.45, 7) is 0. The number of hydrogen-bond acceptors (Lipinski definition) is 2. The van der Waals surface area contributed by atoms with Gasteiger partial charge in [0, 0.05) is 11.6 Å². The van der Waals surface area contributed by atoms with Crippen molar-refractivity contribution in [2.45, 2.75) is 25.3 Å². The van der Waals surface area contributed by atoms with Crippen molar-refractivity contribution in [2.75, 3.05) is 0 Å². The summed E-state index contributed by atoms with van der Waals surface area (Å²) >= 11 is 0. The van der Waals surface area contributed by atoms with E-state index < -0.39 is 0 Å². The zero-order chi connectivity index (χ0) is 9.26. The molecule has 3 N–H and O–H groups in total. The van der Waals surface area contributed by atoms with Gasteiger partial charge < -0.3 is 10.8 Å². The van der Waals surface area contributed by atoms with Crippen LogP contribution in [0, 0.1) is 5.92 Å². The van der Waals surface area contributed by atoms with E-state index in [4.69, 9.17) is 5.73 Å². The topological polar surface area (TPSA) is 46.2 Å². The maximum atomic E-state index is 9.53. The van der Waals surface area contributed by atoms with E-state index in [-0.39, 0.29) is 6.04 Å². The summed E-state index contributed by atoms with van der Waals surface area (Å²) in [5, 5.41) is 9.53. The Kier molecular flexibility index (Phi) is 2.23. The molecule has 2 rings (SSSR count). The molecular formula is C11H15NO. The van der Waals surface area contributed by atoms with Gasteiger partial charge in [-0.3, -0.25) is 0 Å². The Labute approximate surface area is 78.4 Å². The van der Waals surface area contributed by atoms with Crippen molar-refractivity contribution in [1.29, 1.82) is 0 Å². The van der Waals surface area contributed by atoms with Crippen LogP contribution in [0.2, 0.25) is 0 Å². The van der Waals surface area contributed by atoms with Gasteiger partial charge in [-0.05, 0) is 18.4 Å². The summed E-state index contributed by atoms with van der Waals surface area (Å²) in [5.41, 5.74) is 6.86. The van der Waals surface area contributed by atoms with Crippen LogP contribution < -0.4 is 5.73 Å². The largest absolute Gasteiger partial charge is 0.508 e. The number of para-hydroxylation sites is 1. The first kappa shape index (κ1) is 8.57. The minimum absolute atomic E-state index is 0.00806. The third-order valence-corrected chi connectivity index (χ3v) is 2.62. The van der Waals surface area contributed by atoms with Crippen LogP contribution in [0.1, 0.15) is 30.9 Å². The molecule has 1 aliphatic carbocycles. The molecule has 0 aliphatic heterocycles. The highest BCUT2D eigenvalue weighted by Gasteiger charge is 2.25. The Hall–Kier alpha value is -1.02. The standard InChI is InChI=1S/C11H15NO/c12-10(7-8-5-6-8)9-3-1-2-4-11(9)13/h1-4,8,10,13H,5-7,12H2. The van der Waals surface area contributed by atoms with Crippen molar-refractivity contribution in [3.8, 4) is 5.75 Å². The lowest BCUT2D eigenvalue weighted by Gasteiger charge is -2.12. The number of phenols is 1. The summed E-state index contributed by atoms with van der Waals surface area (Å²) in [7, 11) is 0. The van der Waals surface area contributed by atoms with Crippen molar-refractivity contribution in [1.82, 2.24) is 0 Å². The third-order valence-electron chi connectivity index (χ3n) is 2.62. The molecule has 1 aliphatic rings. The maximum Gasteiger partial charge on any atom is 0.120 e. The average molecular weight is 177 g/mol. The first-order valence-electron chi connectivity index (χ1n) is 4.81. The predicted octanol–water partition coefficient (Wildman–Crippen LogP) is 2.19. The van der Waals surface area contributed by atoms with Crippen LogP contribution in [-0.2, 0) is 0 Å². The Morgan fingerprint density at radius 3 is 2.69 bits per heavy atom. The van der Waals surface area contributed by atoms with Crippen molar-refractivity contribution in [2.24, 2.45) is 11.7 Å². The molecule has 0 spiro atoms. The van der Waals surface area contributed by atoms with Crippen LogP contribution >= 0.6 is 0 Å². The van der Waals surface area contributed by atoms with Gasteiger partial charge in [0.05, 0.1) is 0 Å². The van der Waals surface area contributed by atoms with Gasteiger partial charge in [0.25, 0.3) is 0 Å². The summed E-state index contributed by atoms with van der Waals surface area (Å²) < 4.78 is 0. The molecule has 1 aromatic rings. The molecule has 1 unspecified atom stereocenters. The number of benzene rings is 1. The Morgan fingerprint density at radius 2 is 2.08 bits per heavy atom. The molecule has 13 heavy (non-hydrogen) atoms. The highest BCUT2D eigenvalue weighted by atomic mass is 16.3. The maximum absolute atomic E-state index is 9.53. The summed E-state index contributed by atoms with van der Waals surface area (Å²) in [5.74, 6) is 1.13. The fourth-order valence-corrected chi connectivity index (χ4v) is 1.64. The van der Waals surface area contributed by atoms with Gasteiger partial charge in [-0.25, -0.2) is 0 Å². The number of phenolic OH excluding ortho intramolecular Hbond substituents is 1. The molecule has 0 aromatic heterocycles. The fraction of sp³-hybridized carbons (Fsp3) is 0.455. The Morgan fingerprint density at radius 1 is 1.38 bits per heavy atom. The second-order valence-corrected chi connectivity index (χ2v) is 3.84. The fourth-order valence-electron chi connectivity index (χ4n) is 1.64. The molecule has 0 heterocycles. The van der Waals surface area contributed by atoms with E-state index in [1.54, 1.807) is 6.07 Å². The van der Waals surface area contributed by atoms with Crippen molar-refractivity contribution in [3.63, 3.8) is 0 Å². The number of nitrogens with two attached hydrogens (primary N) is 1. The molecule has 0 saturated heterocycles. The van der Waals surface area contributed by atoms with E-state index in [1.807, 2.05) is 18.2 Å². The zero-order valence-corrected chi connectivity index (χ0v) is 7.61. The van der Waals surface area contributed by atoms with Gasteiger partial charge in [-0.1, -0.05) is 31.0 Å². The van der Waals surface area contributed by atoms with E-state index in [1.165, 1.54) is 12.8 Å². The Balaban J connectivity index is 2.09. The third kappa shape index (κ3) is 2.01. The second kappa shape index (κ2) is 3.38. The molecule has 1 atom stereocenters. The molecule has 2 nitrogen and oxygen atoms in total. The second-order valence-electron chi connectivity index (χ2n) is 3.84. The summed E-state index contributed by atoms with van der Waals surface area (Å²) in [6, 6.07) is 7.35. The monoisotopic (exact) mass is 177 g/mol. The highest BCUT2D eigenvalue weighted by molar-refractivity contribution is 5.34. The molecule has 1 fully saturated rings. The average Bonchev–Trinajstić information content (AvgIpc) is 2.89. The van der Waals surface area contributed by atoms with Crippen molar-refractivity contribution >= 4 is 0 Å². The number of aromatic hydroxyl groups is 1. The minimum atomic E-state index is 0.00806. The van der Waals surface area contributed by atoms with Crippen molar-refractivity contribution < 1.29 is 5.11 Å². The normalized spacial score (nSPS) is 18.5. The molecule has 1 saturated carbocycles. The smallest absolute Gasteiger partial charge is 0.120 e. The molecule has 2 heteroatoms. The lowest BCUT2D eigenvalue weighted by molar-refractivity contribution is 0.455. The summed E-state index contributed by atoms with van der Waals surface area (Å²) in [6.07, 6.45) is 3.63. The van der Waals surface area contributed by atoms with Gasteiger partial charge in [0.15, 0.2) is 0 Å². The molecular weight excluding hydrogens is 162 g/mol. The summed E-state index contributed by atoms with van der Waals surface area (Å²) in [4.78, 5) is 0. The van der Waals surface area contributed by atoms with Gasteiger partial charge in [-0.2, -0.15) is 0 Å². The van der Waals surface area contributed by atoms with Gasteiger partial charge in [0.2, 0.25) is 0 Å². The SMILES string of the molecule is NC(CC1CC1)c1ccccc1O. The molecule has 70 valence electrons. The first-order valence-corrected chi connectivity index (χ1v) is 4.81. The van der Waals surface area contributed by atoms with Crippen LogP contribution in [0.5, 0.6) is 5.75 Å². The molecule has 1 aromatic carbocycles. The number of hydrogen-bond donors (Lipinski definition) is 2. The van der Waals surface area contributed by atoms with Gasteiger partial charge in [0.1, 0.15) is 5.75 Å². The van der Waals surface area contributed by atoms with E-state index in [9.17, 15) is 5.11 Å².